The fourth-order valence-electron chi connectivity index (χ4n) is 1.50. The van der Waals surface area contributed by atoms with Crippen LogP contribution in [0.5, 0.6) is 11.8 Å². The molecule has 1 aliphatic rings. The Balaban J connectivity index is 1.90. The molecule has 1 saturated carbocycles. The van der Waals surface area contributed by atoms with Gasteiger partial charge in [0.15, 0.2) is 6.61 Å². The number of halogens is 2. The van der Waals surface area contributed by atoms with Crippen molar-refractivity contribution in [3.63, 3.8) is 0 Å². The van der Waals surface area contributed by atoms with Gasteiger partial charge in [-0.05, 0) is 13.3 Å². The van der Waals surface area contributed by atoms with Gasteiger partial charge in [-0.1, -0.05) is 12.8 Å². The summed E-state index contributed by atoms with van der Waals surface area (Å²) in [5, 5.41) is 0. The number of aromatic nitrogens is 2. The minimum atomic E-state index is -0.698. The van der Waals surface area contributed by atoms with E-state index in [2.05, 4.69) is 21.8 Å². The number of nitrogens with zero attached hydrogens (tertiary/aromatic N) is 2. The van der Waals surface area contributed by atoms with Gasteiger partial charge in [-0.25, -0.2) is 9.97 Å². The molecule has 1 heterocycles. The monoisotopic (exact) mass is 300 g/mol. The van der Waals surface area contributed by atoms with E-state index in [9.17, 15) is 0 Å². The number of ether oxygens (including phenoxy) is 2. The van der Waals surface area contributed by atoms with Crippen molar-refractivity contribution in [3.8, 4) is 23.6 Å². The number of hydrogen-bond donors (Lipinski definition) is 0. The second-order valence-corrected chi connectivity index (χ2v) is 6.12. The molecule has 2 rings (SSSR count). The van der Waals surface area contributed by atoms with Gasteiger partial charge in [0.1, 0.15) is 10.7 Å². The molecule has 1 fully saturated rings. The molecule has 1 aromatic heterocycles. The summed E-state index contributed by atoms with van der Waals surface area (Å²) >= 11 is 12.1. The van der Waals surface area contributed by atoms with E-state index in [-0.39, 0.29) is 12.0 Å². The summed E-state index contributed by atoms with van der Waals surface area (Å²) in [5.41, 5.74) is -0.226. The Morgan fingerprint density at radius 3 is 2.53 bits per heavy atom. The zero-order chi connectivity index (χ0) is 13.9. The summed E-state index contributed by atoms with van der Waals surface area (Å²) in [6.45, 7) is 4.42. The maximum Gasteiger partial charge on any atom is 0.221 e. The largest absolute Gasteiger partial charge is 0.477 e. The van der Waals surface area contributed by atoms with E-state index in [1.807, 2.05) is 6.92 Å². The predicted molar refractivity (Wildman–Crippen MR) is 73.6 cm³/mol. The first-order chi connectivity index (χ1) is 8.97. The molecule has 1 atom stereocenters. The maximum atomic E-state index is 6.04. The molecule has 19 heavy (non-hydrogen) atoms. The molecule has 0 aromatic carbocycles. The highest BCUT2D eigenvalue weighted by Gasteiger charge is 2.63. The Labute approximate surface area is 122 Å². The van der Waals surface area contributed by atoms with Gasteiger partial charge in [0.2, 0.25) is 11.8 Å². The average molecular weight is 301 g/mol. The van der Waals surface area contributed by atoms with Crippen LogP contribution in [0.15, 0.2) is 12.4 Å². The van der Waals surface area contributed by atoms with E-state index in [0.29, 0.717) is 24.8 Å². The van der Waals surface area contributed by atoms with Gasteiger partial charge in [0.05, 0.1) is 12.7 Å². The lowest BCUT2D eigenvalue weighted by Gasteiger charge is -2.13. The summed E-state index contributed by atoms with van der Waals surface area (Å²) in [7, 11) is 0. The topological polar surface area (TPSA) is 44.2 Å². The Hall–Kier alpha value is -1.18. The smallest absolute Gasteiger partial charge is 0.221 e. The molecular formula is C13H14Cl2N2O2. The molecule has 0 saturated heterocycles. The molecule has 4 nitrogen and oxygen atoms in total. The highest BCUT2D eigenvalue weighted by Crippen LogP contribution is 2.63. The lowest BCUT2D eigenvalue weighted by Crippen LogP contribution is -2.16. The van der Waals surface area contributed by atoms with Crippen LogP contribution in [0.1, 0.15) is 20.3 Å². The summed E-state index contributed by atoms with van der Waals surface area (Å²) in [6.07, 6.45) is 2.09. The average Bonchev–Trinajstić information content (AvgIpc) is 2.87. The van der Waals surface area contributed by atoms with Crippen molar-refractivity contribution < 1.29 is 9.47 Å². The maximum absolute atomic E-state index is 6.04. The van der Waals surface area contributed by atoms with E-state index in [0.717, 1.165) is 0 Å². The van der Waals surface area contributed by atoms with Crippen LogP contribution in [0.4, 0.5) is 0 Å². The van der Waals surface area contributed by atoms with Crippen molar-refractivity contribution in [1.29, 1.82) is 0 Å². The first-order valence-electron chi connectivity index (χ1n) is 5.82. The van der Waals surface area contributed by atoms with E-state index < -0.39 is 4.33 Å². The fraction of sp³-hybridized carbons (Fsp3) is 0.538. The van der Waals surface area contributed by atoms with Crippen LogP contribution < -0.4 is 9.47 Å². The van der Waals surface area contributed by atoms with Gasteiger partial charge in [-0.3, -0.25) is 0 Å². The van der Waals surface area contributed by atoms with E-state index >= 15 is 0 Å². The lowest BCUT2D eigenvalue weighted by molar-refractivity contribution is 0.234. The number of rotatable bonds is 5. The van der Waals surface area contributed by atoms with Crippen LogP contribution >= 0.6 is 23.2 Å². The minimum Gasteiger partial charge on any atom is -0.477 e. The van der Waals surface area contributed by atoms with E-state index in [1.54, 1.807) is 13.0 Å². The van der Waals surface area contributed by atoms with Crippen LogP contribution in [0.2, 0.25) is 0 Å². The van der Waals surface area contributed by atoms with Crippen molar-refractivity contribution in [2.24, 2.45) is 5.41 Å². The van der Waals surface area contributed by atoms with Crippen molar-refractivity contribution >= 4 is 23.2 Å². The SMILES string of the molecule is CC#CCOc1cc(OCC2(C)CC2(Cl)Cl)ncn1. The minimum absolute atomic E-state index is 0.226. The highest BCUT2D eigenvalue weighted by molar-refractivity contribution is 6.51. The molecule has 102 valence electrons. The van der Waals surface area contributed by atoms with Crippen molar-refractivity contribution in [2.75, 3.05) is 13.2 Å². The Morgan fingerprint density at radius 2 is 1.95 bits per heavy atom. The molecule has 1 aromatic rings. The highest BCUT2D eigenvalue weighted by atomic mass is 35.5. The van der Waals surface area contributed by atoms with Gasteiger partial charge in [-0.2, -0.15) is 0 Å². The third kappa shape index (κ3) is 3.43. The second-order valence-electron chi connectivity index (χ2n) is 4.64. The molecule has 1 unspecified atom stereocenters. The number of alkyl halides is 2. The summed E-state index contributed by atoms with van der Waals surface area (Å²) in [5.74, 6) is 6.39. The lowest BCUT2D eigenvalue weighted by atomic mass is 10.2. The summed E-state index contributed by atoms with van der Waals surface area (Å²) in [4.78, 5) is 7.98. The zero-order valence-corrected chi connectivity index (χ0v) is 12.3. The van der Waals surface area contributed by atoms with Crippen molar-refractivity contribution in [3.05, 3.63) is 12.4 Å². The van der Waals surface area contributed by atoms with Gasteiger partial charge >= 0.3 is 0 Å². The van der Waals surface area contributed by atoms with Gasteiger partial charge in [0, 0.05) is 5.41 Å². The van der Waals surface area contributed by atoms with Gasteiger partial charge < -0.3 is 9.47 Å². The molecule has 0 spiro atoms. The Morgan fingerprint density at radius 1 is 1.32 bits per heavy atom. The predicted octanol–water partition coefficient (Wildman–Crippen LogP) is 2.84. The summed E-state index contributed by atoms with van der Waals surface area (Å²) < 4.78 is 10.2. The Bertz CT molecular complexity index is 525. The van der Waals surface area contributed by atoms with Crippen LogP contribution in [0.25, 0.3) is 0 Å². The van der Waals surface area contributed by atoms with Crippen LogP contribution in [0.3, 0.4) is 0 Å². The van der Waals surface area contributed by atoms with Crippen LogP contribution in [-0.4, -0.2) is 27.5 Å². The second kappa shape index (κ2) is 5.44. The zero-order valence-electron chi connectivity index (χ0n) is 10.7. The standard InChI is InChI=1S/C13H14Cl2N2O2/c1-3-4-5-18-10-6-11(17-9-16-10)19-8-12(2)7-13(12,14)15/h6,9H,5,7-8H2,1-2H3. The van der Waals surface area contributed by atoms with Crippen LogP contribution in [0, 0.1) is 17.3 Å². The molecule has 1 aliphatic carbocycles. The van der Waals surface area contributed by atoms with Crippen molar-refractivity contribution in [2.45, 2.75) is 24.6 Å². The third-order valence-corrected chi connectivity index (χ3v) is 4.17. The summed E-state index contributed by atoms with van der Waals surface area (Å²) in [6, 6.07) is 1.62. The molecule has 0 bridgehead atoms. The molecular weight excluding hydrogens is 287 g/mol. The first kappa shape index (κ1) is 14.2. The van der Waals surface area contributed by atoms with Gasteiger partial charge in [0.25, 0.3) is 0 Å². The van der Waals surface area contributed by atoms with E-state index in [4.69, 9.17) is 32.7 Å². The fourth-order valence-corrected chi connectivity index (χ4v) is 2.20. The molecule has 0 amide bonds. The molecule has 0 aliphatic heterocycles. The number of hydrogen-bond acceptors (Lipinski definition) is 4. The quantitative estimate of drug-likeness (QED) is 0.619. The normalized spacial score (nSPS) is 23.2. The van der Waals surface area contributed by atoms with Gasteiger partial charge in [-0.15, -0.1) is 29.1 Å². The van der Waals surface area contributed by atoms with Crippen LogP contribution in [-0.2, 0) is 0 Å². The third-order valence-electron chi connectivity index (χ3n) is 2.99. The molecule has 6 heteroatoms. The van der Waals surface area contributed by atoms with E-state index in [1.165, 1.54) is 6.33 Å². The molecule has 0 radical (unpaired) electrons. The van der Waals surface area contributed by atoms with Crippen molar-refractivity contribution in [1.82, 2.24) is 9.97 Å². The molecule has 0 N–H and O–H groups in total. The Kier molecular flexibility index (Phi) is 4.07. The first-order valence-corrected chi connectivity index (χ1v) is 6.57.